The van der Waals surface area contributed by atoms with E-state index in [1.165, 1.54) is 0 Å². The van der Waals surface area contributed by atoms with Crippen molar-refractivity contribution in [1.29, 1.82) is 0 Å². The Balaban J connectivity index is 4.62. The van der Waals surface area contributed by atoms with E-state index in [1.807, 2.05) is 0 Å². The lowest BCUT2D eigenvalue weighted by Crippen LogP contribution is -2.08. The van der Waals surface area contributed by atoms with E-state index in [4.69, 9.17) is 0 Å². The molecule has 0 aliphatic carbocycles. The third-order valence-corrected chi connectivity index (χ3v) is 1.51. The molecule has 0 amide bonds. The largest absolute Gasteiger partial charge is 0.415 e. The van der Waals surface area contributed by atoms with Crippen LogP contribution in [0.2, 0.25) is 0 Å². The van der Waals surface area contributed by atoms with Crippen molar-refractivity contribution in [2.75, 3.05) is 0 Å². The predicted molar refractivity (Wildman–Crippen MR) is 48.4 cm³/mol. The van der Waals surface area contributed by atoms with Crippen LogP contribution in [0.3, 0.4) is 0 Å². The van der Waals surface area contributed by atoms with Crippen LogP contribution in [-0.2, 0) is 0 Å². The molecule has 0 N–H and O–H groups in total. The SMILES string of the molecule is C=C(/C=C(\C=C/C)CC)C(F)(F)F. The molecule has 0 aliphatic rings. The maximum absolute atomic E-state index is 12.0. The molecule has 0 atom stereocenters. The predicted octanol–water partition coefficient (Wildman–Crippen LogP) is 4.02. The van der Waals surface area contributed by atoms with Gasteiger partial charge in [0.2, 0.25) is 0 Å². The number of hydrogen-bond donors (Lipinski definition) is 0. The highest BCUT2D eigenvalue weighted by molar-refractivity contribution is 5.30. The Hall–Kier alpha value is -0.990. The van der Waals surface area contributed by atoms with Gasteiger partial charge in [-0.1, -0.05) is 25.7 Å². The molecular weight excluding hydrogens is 177 g/mol. The van der Waals surface area contributed by atoms with Gasteiger partial charge in [0.1, 0.15) is 0 Å². The van der Waals surface area contributed by atoms with Crippen molar-refractivity contribution in [3.8, 4) is 0 Å². The molecule has 0 fully saturated rings. The van der Waals surface area contributed by atoms with E-state index in [0.29, 0.717) is 12.0 Å². The molecule has 0 saturated heterocycles. The third-order valence-electron chi connectivity index (χ3n) is 1.51. The lowest BCUT2D eigenvalue weighted by molar-refractivity contribution is -0.0878. The molecule has 0 nitrogen and oxygen atoms in total. The molecule has 0 aromatic heterocycles. The summed E-state index contributed by atoms with van der Waals surface area (Å²) in [6.07, 6.45) is 0.678. The van der Waals surface area contributed by atoms with Crippen molar-refractivity contribution in [3.63, 3.8) is 0 Å². The van der Waals surface area contributed by atoms with Gasteiger partial charge in [-0.25, -0.2) is 0 Å². The molecule has 0 heterocycles. The van der Waals surface area contributed by atoms with Crippen LogP contribution in [0.1, 0.15) is 20.3 Å². The minimum atomic E-state index is -4.32. The van der Waals surface area contributed by atoms with Gasteiger partial charge >= 0.3 is 6.18 Å². The molecule has 0 aliphatic heterocycles. The molecule has 0 radical (unpaired) electrons. The van der Waals surface area contributed by atoms with E-state index in [9.17, 15) is 13.2 Å². The Morgan fingerprint density at radius 1 is 1.38 bits per heavy atom. The number of hydrogen-bond acceptors (Lipinski definition) is 0. The van der Waals surface area contributed by atoms with Gasteiger partial charge in [0, 0.05) is 5.57 Å². The average Bonchev–Trinajstić information content (AvgIpc) is 2.01. The molecule has 0 spiro atoms. The summed E-state index contributed by atoms with van der Waals surface area (Å²) in [5, 5.41) is 0. The molecule has 0 rings (SSSR count). The van der Waals surface area contributed by atoms with Gasteiger partial charge < -0.3 is 0 Å². The molecule has 0 saturated carbocycles. The first kappa shape index (κ1) is 12.0. The monoisotopic (exact) mass is 190 g/mol. The van der Waals surface area contributed by atoms with Crippen LogP contribution in [0.5, 0.6) is 0 Å². The maximum atomic E-state index is 12.0. The van der Waals surface area contributed by atoms with E-state index in [1.54, 1.807) is 26.0 Å². The first-order chi connectivity index (χ1) is 5.91. The zero-order chi connectivity index (χ0) is 10.5. The molecule has 74 valence electrons. The molecular formula is C10H13F3. The van der Waals surface area contributed by atoms with Crippen LogP contribution in [0, 0.1) is 0 Å². The highest BCUT2D eigenvalue weighted by atomic mass is 19.4. The number of allylic oxidation sites excluding steroid dienone is 5. The average molecular weight is 190 g/mol. The van der Waals surface area contributed by atoms with E-state index in [2.05, 4.69) is 6.58 Å². The minimum absolute atomic E-state index is 0.569. The van der Waals surface area contributed by atoms with Gasteiger partial charge in [0.05, 0.1) is 0 Å². The lowest BCUT2D eigenvalue weighted by Gasteiger charge is -2.06. The normalized spacial score (nSPS) is 13.8. The second-order valence-corrected chi connectivity index (χ2v) is 2.60. The summed E-state index contributed by atoms with van der Waals surface area (Å²) >= 11 is 0. The Kier molecular flexibility index (Phi) is 4.52. The zero-order valence-electron chi connectivity index (χ0n) is 7.78. The zero-order valence-corrected chi connectivity index (χ0v) is 7.78. The summed E-state index contributed by atoms with van der Waals surface area (Å²) in [5.41, 5.74) is -0.174. The van der Waals surface area contributed by atoms with E-state index in [-0.39, 0.29) is 0 Å². The molecule has 3 heteroatoms. The fourth-order valence-electron chi connectivity index (χ4n) is 0.788. The summed E-state index contributed by atoms with van der Waals surface area (Å²) in [5.74, 6) is 0. The Morgan fingerprint density at radius 2 is 1.92 bits per heavy atom. The van der Waals surface area contributed by atoms with Gasteiger partial charge in [0.15, 0.2) is 0 Å². The molecule has 0 unspecified atom stereocenters. The fraction of sp³-hybridized carbons (Fsp3) is 0.400. The van der Waals surface area contributed by atoms with Gasteiger partial charge in [-0.15, -0.1) is 0 Å². The highest BCUT2D eigenvalue weighted by Crippen LogP contribution is 2.26. The van der Waals surface area contributed by atoms with E-state index in [0.717, 1.165) is 6.08 Å². The Bertz CT molecular complexity index is 231. The Labute approximate surface area is 76.5 Å². The summed E-state index contributed by atoms with van der Waals surface area (Å²) in [7, 11) is 0. The summed E-state index contributed by atoms with van der Waals surface area (Å²) in [6.45, 7) is 6.53. The first-order valence-electron chi connectivity index (χ1n) is 4.01. The standard InChI is InChI=1S/C10H13F3/c1-4-6-9(5-2)7-8(3)10(11,12)13/h4,6-7H,3,5H2,1-2H3/b6-4-,9-7-. The van der Waals surface area contributed by atoms with Crippen molar-refractivity contribution in [1.82, 2.24) is 0 Å². The number of halogens is 3. The maximum Gasteiger partial charge on any atom is 0.415 e. The van der Waals surface area contributed by atoms with Crippen molar-refractivity contribution in [3.05, 3.63) is 36.0 Å². The summed E-state index contributed by atoms with van der Waals surface area (Å²) in [4.78, 5) is 0. The van der Waals surface area contributed by atoms with Crippen molar-refractivity contribution < 1.29 is 13.2 Å². The van der Waals surface area contributed by atoms with E-state index >= 15 is 0 Å². The highest BCUT2D eigenvalue weighted by Gasteiger charge is 2.30. The van der Waals surface area contributed by atoms with Crippen LogP contribution in [-0.4, -0.2) is 6.18 Å². The van der Waals surface area contributed by atoms with Gasteiger partial charge in [0.25, 0.3) is 0 Å². The van der Waals surface area contributed by atoms with Crippen molar-refractivity contribution in [2.45, 2.75) is 26.4 Å². The summed E-state index contributed by atoms with van der Waals surface area (Å²) in [6, 6.07) is 0. The van der Waals surface area contributed by atoms with Gasteiger partial charge in [-0.2, -0.15) is 13.2 Å². The smallest absolute Gasteiger partial charge is 0.166 e. The van der Waals surface area contributed by atoms with Crippen LogP contribution in [0.4, 0.5) is 13.2 Å². The number of rotatable bonds is 3. The van der Waals surface area contributed by atoms with Crippen LogP contribution >= 0.6 is 0 Å². The molecule has 0 aromatic carbocycles. The second kappa shape index (κ2) is 4.90. The topological polar surface area (TPSA) is 0 Å². The fourth-order valence-corrected chi connectivity index (χ4v) is 0.788. The number of alkyl halides is 3. The first-order valence-corrected chi connectivity index (χ1v) is 4.01. The Morgan fingerprint density at radius 3 is 2.23 bits per heavy atom. The third kappa shape index (κ3) is 4.55. The molecule has 0 bridgehead atoms. The molecule has 13 heavy (non-hydrogen) atoms. The minimum Gasteiger partial charge on any atom is -0.166 e. The van der Waals surface area contributed by atoms with Crippen LogP contribution < -0.4 is 0 Å². The van der Waals surface area contributed by atoms with Crippen molar-refractivity contribution >= 4 is 0 Å². The second-order valence-electron chi connectivity index (χ2n) is 2.60. The van der Waals surface area contributed by atoms with Crippen molar-refractivity contribution in [2.24, 2.45) is 0 Å². The van der Waals surface area contributed by atoms with Gasteiger partial charge in [-0.3, -0.25) is 0 Å². The molecule has 0 aromatic rings. The van der Waals surface area contributed by atoms with Crippen LogP contribution in [0.25, 0.3) is 0 Å². The summed E-state index contributed by atoms with van der Waals surface area (Å²) < 4.78 is 36.1. The quantitative estimate of drug-likeness (QED) is 0.589. The lowest BCUT2D eigenvalue weighted by atomic mass is 10.1. The van der Waals surface area contributed by atoms with Crippen LogP contribution in [0.15, 0.2) is 36.0 Å². The van der Waals surface area contributed by atoms with Gasteiger partial charge in [-0.05, 0) is 25.0 Å². The van der Waals surface area contributed by atoms with E-state index < -0.39 is 11.7 Å².